The first kappa shape index (κ1) is 23.5. The second kappa shape index (κ2) is 9.13. The van der Waals surface area contributed by atoms with Crippen molar-refractivity contribution in [1.82, 2.24) is 4.90 Å². The van der Waals surface area contributed by atoms with E-state index in [4.69, 9.17) is 0 Å². The second-order valence-corrected chi connectivity index (χ2v) is 9.02. The van der Waals surface area contributed by atoms with Crippen LogP contribution in [0.4, 0.5) is 0 Å². The average Bonchev–Trinajstić information content (AvgIpc) is 2.79. The number of likely N-dealkylation sites (tertiary alicyclic amines) is 1. The van der Waals surface area contributed by atoms with Crippen LogP contribution in [0.5, 0.6) is 5.75 Å². The number of carbonyl (C=O) groups excluding carboxylic acids is 2. The molecule has 2 aromatic carbocycles. The number of allylic oxidation sites excluding steroid dienone is 2. The van der Waals surface area contributed by atoms with E-state index in [-0.39, 0.29) is 23.9 Å². The van der Waals surface area contributed by atoms with Crippen molar-refractivity contribution in [2.24, 2.45) is 5.41 Å². The van der Waals surface area contributed by atoms with Gasteiger partial charge in [-0.3, -0.25) is 9.59 Å². The smallest absolute Gasteiger partial charge is 0.227 e. The van der Waals surface area contributed by atoms with Gasteiger partial charge in [0.25, 0.3) is 0 Å². The van der Waals surface area contributed by atoms with Crippen molar-refractivity contribution in [2.75, 3.05) is 13.1 Å². The number of carbonyl (C=O) groups is 2. The monoisotopic (exact) mass is 433 g/mol. The molecule has 1 saturated heterocycles. The highest BCUT2D eigenvalue weighted by Gasteiger charge is 2.49. The Bertz CT molecular complexity index is 1040. The molecule has 0 spiro atoms. The summed E-state index contributed by atoms with van der Waals surface area (Å²) in [6.07, 6.45) is 2.23. The predicted molar refractivity (Wildman–Crippen MR) is 125 cm³/mol. The van der Waals surface area contributed by atoms with Gasteiger partial charge in [-0.05, 0) is 36.6 Å². The standard InChI is InChI=1S/C27H31NO4/c1-5-20(19(2)25(31)21-9-7-6-8-10-21)17-24(30)28-16-15-27(32,26(3,4)18-28)22-11-13-23(29)14-12-22/h5-14,29,32H,2,15-18H2,1,3-4H3/b20-5-/t27-/m0/s1. The Hall–Kier alpha value is -3.18. The molecular formula is C27H31NO4. The van der Waals surface area contributed by atoms with Gasteiger partial charge in [0.1, 0.15) is 5.75 Å². The highest BCUT2D eigenvalue weighted by atomic mass is 16.3. The molecule has 1 atom stereocenters. The van der Waals surface area contributed by atoms with Crippen LogP contribution in [0.25, 0.3) is 0 Å². The summed E-state index contributed by atoms with van der Waals surface area (Å²) in [5, 5.41) is 21.1. The number of piperidine rings is 1. The summed E-state index contributed by atoms with van der Waals surface area (Å²) >= 11 is 0. The summed E-state index contributed by atoms with van der Waals surface area (Å²) in [6, 6.07) is 15.5. The van der Waals surface area contributed by atoms with Crippen LogP contribution >= 0.6 is 0 Å². The molecule has 168 valence electrons. The molecule has 0 saturated carbocycles. The number of nitrogens with zero attached hydrogens (tertiary/aromatic N) is 1. The highest BCUT2D eigenvalue weighted by Crippen LogP contribution is 2.46. The van der Waals surface area contributed by atoms with Gasteiger partial charge in [0.2, 0.25) is 5.91 Å². The molecule has 2 N–H and O–H groups in total. The normalized spacial score (nSPS) is 20.6. The number of Topliss-reactive ketones (excluding diaryl/α,β-unsaturated/α-hetero) is 1. The number of aliphatic hydroxyl groups is 1. The topological polar surface area (TPSA) is 77.8 Å². The SMILES string of the molecule is C=C(C(=O)c1ccccc1)/C(=C\C)CC(=O)N1CC[C@](O)(c2ccc(O)cc2)C(C)(C)C1. The molecule has 2 aromatic rings. The minimum atomic E-state index is -1.12. The maximum Gasteiger partial charge on any atom is 0.227 e. The molecule has 1 fully saturated rings. The van der Waals surface area contributed by atoms with Gasteiger partial charge in [-0.15, -0.1) is 0 Å². The molecule has 1 amide bonds. The third kappa shape index (κ3) is 4.53. The van der Waals surface area contributed by atoms with Gasteiger partial charge in [0.15, 0.2) is 5.78 Å². The Labute approximate surface area is 189 Å². The lowest BCUT2D eigenvalue weighted by atomic mass is 9.66. The van der Waals surface area contributed by atoms with Crippen LogP contribution < -0.4 is 0 Å². The molecule has 1 aliphatic heterocycles. The molecule has 3 rings (SSSR count). The van der Waals surface area contributed by atoms with Crippen LogP contribution in [0.1, 0.15) is 49.5 Å². The van der Waals surface area contributed by atoms with Gasteiger partial charge >= 0.3 is 0 Å². The number of benzene rings is 2. The van der Waals surface area contributed by atoms with Crippen LogP contribution in [-0.4, -0.2) is 39.9 Å². The van der Waals surface area contributed by atoms with Gasteiger partial charge in [-0.25, -0.2) is 0 Å². The van der Waals surface area contributed by atoms with Crippen LogP contribution in [0, 0.1) is 5.41 Å². The van der Waals surface area contributed by atoms with Gasteiger partial charge in [0.05, 0.1) is 12.0 Å². The molecule has 0 unspecified atom stereocenters. The summed E-state index contributed by atoms with van der Waals surface area (Å²) in [6.45, 7) is 10.4. The summed E-state index contributed by atoms with van der Waals surface area (Å²) < 4.78 is 0. The molecule has 0 radical (unpaired) electrons. The van der Waals surface area contributed by atoms with Crippen LogP contribution in [0.3, 0.4) is 0 Å². The molecule has 32 heavy (non-hydrogen) atoms. The summed E-state index contributed by atoms with van der Waals surface area (Å²) in [5.41, 5.74) is 0.481. The third-order valence-corrected chi connectivity index (χ3v) is 6.53. The van der Waals surface area contributed by atoms with Crippen molar-refractivity contribution in [3.63, 3.8) is 0 Å². The second-order valence-electron chi connectivity index (χ2n) is 9.02. The van der Waals surface area contributed by atoms with E-state index in [1.807, 2.05) is 19.9 Å². The molecular weight excluding hydrogens is 402 g/mol. The zero-order chi connectivity index (χ0) is 23.5. The van der Waals surface area contributed by atoms with Crippen molar-refractivity contribution < 1.29 is 19.8 Å². The summed E-state index contributed by atoms with van der Waals surface area (Å²) in [4.78, 5) is 27.6. The number of hydrogen-bond donors (Lipinski definition) is 2. The fourth-order valence-corrected chi connectivity index (χ4v) is 4.37. The summed E-state index contributed by atoms with van der Waals surface area (Å²) in [7, 11) is 0. The zero-order valence-electron chi connectivity index (χ0n) is 19.0. The molecule has 1 heterocycles. The molecule has 1 aliphatic rings. The van der Waals surface area contributed by atoms with E-state index in [0.29, 0.717) is 36.2 Å². The minimum Gasteiger partial charge on any atom is -0.508 e. The van der Waals surface area contributed by atoms with E-state index in [9.17, 15) is 19.8 Å². The Kier molecular flexibility index (Phi) is 6.70. The Morgan fingerprint density at radius 2 is 1.72 bits per heavy atom. The highest BCUT2D eigenvalue weighted by molar-refractivity contribution is 6.11. The molecule has 0 bridgehead atoms. The number of phenols is 1. The number of phenolic OH excluding ortho intramolecular Hbond substituents is 1. The number of ketones is 1. The number of amides is 1. The molecule has 5 nitrogen and oxygen atoms in total. The van der Waals surface area contributed by atoms with Crippen molar-refractivity contribution >= 4 is 11.7 Å². The van der Waals surface area contributed by atoms with E-state index < -0.39 is 11.0 Å². The van der Waals surface area contributed by atoms with Crippen molar-refractivity contribution in [2.45, 2.75) is 39.2 Å². The zero-order valence-corrected chi connectivity index (χ0v) is 19.0. The first-order valence-electron chi connectivity index (χ1n) is 10.8. The lowest BCUT2D eigenvalue weighted by molar-refractivity contribution is -0.152. The van der Waals surface area contributed by atoms with Gasteiger partial charge < -0.3 is 15.1 Å². The van der Waals surface area contributed by atoms with E-state index in [1.54, 1.807) is 66.4 Å². The van der Waals surface area contributed by atoms with Gasteiger partial charge in [0, 0.05) is 29.6 Å². The van der Waals surface area contributed by atoms with E-state index in [2.05, 4.69) is 6.58 Å². The first-order valence-corrected chi connectivity index (χ1v) is 10.8. The molecule has 5 heteroatoms. The van der Waals surface area contributed by atoms with E-state index in [0.717, 1.165) is 5.56 Å². The van der Waals surface area contributed by atoms with Crippen LogP contribution in [-0.2, 0) is 10.4 Å². The van der Waals surface area contributed by atoms with Gasteiger partial charge in [-0.2, -0.15) is 0 Å². The fraction of sp³-hybridized carbons (Fsp3) is 0.333. The number of rotatable bonds is 6. The maximum atomic E-state index is 13.1. The molecule has 0 aromatic heterocycles. The van der Waals surface area contributed by atoms with Crippen LogP contribution in [0.2, 0.25) is 0 Å². The average molecular weight is 434 g/mol. The van der Waals surface area contributed by atoms with Gasteiger partial charge in [-0.1, -0.05) is 69.0 Å². The number of hydrogen-bond acceptors (Lipinski definition) is 4. The third-order valence-electron chi connectivity index (χ3n) is 6.53. The van der Waals surface area contributed by atoms with Crippen molar-refractivity contribution in [3.8, 4) is 5.75 Å². The fourth-order valence-electron chi connectivity index (χ4n) is 4.37. The number of aromatic hydroxyl groups is 1. The Balaban J connectivity index is 1.71. The largest absolute Gasteiger partial charge is 0.508 e. The van der Waals surface area contributed by atoms with E-state index >= 15 is 0 Å². The van der Waals surface area contributed by atoms with E-state index in [1.165, 1.54) is 0 Å². The first-order chi connectivity index (χ1) is 15.1. The van der Waals surface area contributed by atoms with Crippen molar-refractivity contribution in [1.29, 1.82) is 0 Å². The van der Waals surface area contributed by atoms with Crippen LogP contribution in [0.15, 0.2) is 78.4 Å². The molecule has 0 aliphatic carbocycles. The minimum absolute atomic E-state index is 0.0849. The Morgan fingerprint density at radius 3 is 2.28 bits per heavy atom. The Morgan fingerprint density at radius 1 is 1.09 bits per heavy atom. The summed E-state index contributed by atoms with van der Waals surface area (Å²) in [5.74, 6) is -0.139. The van der Waals surface area contributed by atoms with Crippen molar-refractivity contribution in [3.05, 3.63) is 89.5 Å². The maximum absolute atomic E-state index is 13.1. The lowest BCUT2D eigenvalue weighted by Gasteiger charge is -2.50. The predicted octanol–water partition coefficient (Wildman–Crippen LogP) is 4.61. The lowest BCUT2D eigenvalue weighted by Crippen LogP contribution is -2.56. The quantitative estimate of drug-likeness (QED) is 0.396.